The lowest BCUT2D eigenvalue weighted by molar-refractivity contribution is 0.171. The Kier molecular flexibility index (Phi) is 4.44. The van der Waals surface area contributed by atoms with E-state index < -0.39 is 0 Å². The lowest BCUT2D eigenvalue weighted by Gasteiger charge is -2.21. The third kappa shape index (κ3) is 3.62. The van der Waals surface area contributed by atoms with Crippen LogP contribution in [0.25, 0.3) is 0 Å². The van der Waals surface area contributed by atoms with Gasteiger partial charge in [-0.2, -0.15) is 0 Å². The van der Waals surface area contributed by atoms with Crippen molar-refractivity contribution in [1.29, 1.82) is 0 Å². The van der Waals surface area contributed by atoms with Crippen LogP contribution in [0.2, 0.25) is 0 Å². The number of nitrogens with zero attached hydrogens (tertiary/aromatic N) is 1. The molecule has 0 aliphatic carbocycles. The van der Waals surface area contributed by atoms with E-state index in [0.29, 0.717) is 13.2 Å². The first kappa shape index (κ1) is 13.2. The molecule has 0 fully saturated rings. The average Bonchev–Trinajstić information content (AvgIpc) is 2.36. The van der Waals surface area contributed by atoms with Crippen molar-refractivity contribution < 1.29 is 9.47 Å². The zero-order valence-corrected chi connectivity index (χ0v) is 11.2. The zero-order chi connectivity index (χ0) is 13.0. The first-order chi connectivity index (χ1) is 8.65. The highest BCUT2D eigenvalue weighted by atomic mass is 16.6. The van der Waals surface area contributed by atoms with Crippen molar-refractivity contribution in [1.82, 2.24) is 4.90 Å². The molecule has 0 saturated carbocycles. The number of nitrogens with two attached hydrogens (primary N) is 1. The van der Waals surface area contributed by atoms with Gasteiger partial charge in [0.2, 0.25) is 0 Å². The summed E-state index contributed by atoms with van der Waals surface area (Å²) in [6.07, 6.45) is 1.01. The van der Waals surface area contributed by atoms with Gasteiger partial charge >= 0.3 is 0 Å². The fourth-order valence-electron chi connectivity index (χ4n) is 2.00. The number of ether oxygens (including phenoxy) is 2. The van der Waals surface area contributed by atoms with Gasteiger partial charge in [-0.25, -0.2) is 0 Å². The van der Waals surface area contributed by atoms with Crippen LogP contribution in [0.5, 0.6) is 11.5 Å². The minimum atomic E-state index is 0.257. The molecule has 0 saturated heterocycles. The molecule has 0 amide bonds. The SMILES string of the molecule is CC(N)CCN(C)Cc1ccc2c(c1)OCCO2. The van der Waals surface area contributed by atoms with Gasteiger partial charge in [0.25, 0.3) is 0 Å². The Hall–Kier alpha value is -1.26. The summed E-state index contributed by atoms with van der Waals surface area (Å²) in [4.78, 5) is 2.27. The lowest BCUT2D eigenvalue weighted by atomic mass is 10.1. The fraction of sp³-hybridized carbons (Fsp3) is 0.571. The van der Waals surface area contributed by atoms with Gasteiger partial charge in [0.15, 0.2) is 11.5 Å². The Balaban J connectivity index is 1.93. The van der Waals surface area contributed by atoms with Gasteiger partial charge in [-0.1, -0.05) is 6.07 Å². The molecule has 1 aromatic rings. The second-order valence-electron chi connectivity index (χ2n) is 4.98. The monoisotopic (exact) mass is 250 g/mol. The molecule has 0 aromatic heterocycles. The van der Waals surface area contributed by atoms with Crippen LogP contribution in [-0.4, -0.2) is 37.7 Å². The Labute approximate surface area is 109 Å². The number of benzene rings is 1. The average molecular weight is 250 g/mol. The van der Waals surface area contributed by atoms with Crippen molar-refractivity contribution in [2.24, 2.45) is 5.73 Å². The maximum absolute atomic E-state index is 5.76. The molecule has 18 heavy (non-hydrogen) atoms. The molecule has 1 atom stereocenters. The molecule has 100 valence electrons. The predicted octanol–water partition coefficient (Wildman–Crippen LogP) is 1.63. The summed E-state index contributed by atoms with van der Waals surface area (Å²) in [5.74, 6) is 1.71. The molecule has 4 nitrogen and oxygen atoms in total. The van der Waals surface area contributed by atoms with Crippen LogP contribution in [0.1, 0.15) is 18.9 Å². The van der Waals surface area contributed by atoms with Crippen molar-refractivity contribution in [3.8, 4) is 11.5 Å². The quantitative estimate of drug-likeness (QED) is 0.863. The molecule has 2 rings (SSSR count). The first-order valence-electron chi connectivity index (χ1n) is 6.48. The molecule has 0 radical (unpaired) electrons. The van der Waals surface area contributed by atoms with Gasteiger partial charge in [-0.3, -0.25) is 0 Å². The van der Waals surface area contributed by atoms with Crippen LogP contribution in [0.4, 0.5) is 0 Å². The van der Waals surface area contributed by atoms with Gasteiger partial charge in [-0.05, 0) is 44.6 Å². The highest BCUT2D eigenvalue weighted by Crippen LogP contribution is 2.30. The molecule has 1 aliphatic heterocycles. The minimum Gasteiger partial charge on any atom is -0.486 e. The molecule has 2 N–H and O–H groups in total. The molecule has 0 bridgehead atoms. The van der Waals surface area contributed by atoms with Gasteiger partial charge in [0, 0.05) is 12.6 Å². The number of hydrogen-bond donors (Lipinski definition) is 1. The van der Waals surface area contributed by atoms with E-state index in [-0.39, 0.29) is 6.04 Å². The second-order valence-corrected chi connectivity index (χ2v) is 4.98. The van der Waals surface area contributed by atoms with Crippen molar-refractivity contribution in [3.05, 3.63) is 23.8 Å². The number of rotatable bonds is 5. The third-order valence-electron chi connectivity index (χ3n) is 3.03. The molecule has 4 heteroatoms. The van der Waals surface area contributed by atoms with Crippen LogP contribution < -0.4 is 15.2 Å². The van der Waals surface area contributed by atoms with Crippen LogP contribution >= 0.6 is 0 Å². The van der Waals surface area contributed by atoms with Crippen LogP contribution in [0.3, 0.4) is 0 Å². The van der Waals surface area contributed by atoms with Crippen LogP contribution in [0, 0.1) is 0 Å². The molecular weight excluding hydrogens is 228 g/mol. The number of hydrogen-bond acceptors (Lipinski definition) is 4. The molecule has 1 heterocycles. The Morgan fingerprint density at radius 1 is 1.28 bits per heavy atom. The summed E-state index contributed by atoms with van der Waals surface area (Å²) >= 11 is 0. The van der Waals surface area contributed by atoms with Gasteiger partial charge < -0.3 is 20.1 Å². The largest absolute Gasteiger partial charge is 0.486 e. The molecule has 1 aromatic carbocycles. The number of fused-ring (bicyclic) bond motifs is 1. The lowest BCUT2D eigenvalue weighted by Crippen LogP contribution is -2.25. The van der Waals surface area contributed by atoms with Crippen molar-refractivity contribution in [2.75, 3.05) is 26.8 Å². The van der Waals surface area contributed by atoms with Crippen LogP contribution in [0.15, 0.2) is 18.2 Å². The normalized spacial score (nSPS) is 15.8. The summed E-state index contributed by atoms with van der Waals surface area (Å²) in [6, 6.07) is 6.41. The van der Waals surface area contributed by atoms with E-state index in [4.69, 9.17) is 15.2 Å². The summed E-state index contributed by atoms with van der Waals surface area (Å²) in [5.41, 5.74) is 7.00. The summed E-state index contributed by atoms with van der Waals surface area (Å²) < 4.78 is 11.1. The molecule has 0 spiro atoms. The van der Waals surface area contributed by atoms with Gasteiger partial charge in [0.05, 0.1) is 0 Å². The fourth-order valence-corrected chi connectivity index (χ4v) is 2.00. The zero-order valence-electron chi connectivity index (χ0n) is 11.2. The summed E-state index contributed by atoms with van der Waals surface area (Å²) in [6.45, 7) is 5.23. The van der Waals surface area contributed by atoms with E-state index >= 15 is 0 Å². The van der Waals surface area contributed by atoms with Crippen molar-refractivity contribution >= 4 is 0 Å². The van der Waals surface area contributed by atoms with E-state index in [9.17, 15) is 0 Å². The minimum absolute atomic E-state index is 0.257. The Morgan fingerprint density at radius 2 is 2.00 bits per heavy atom. The Morgan fingerprint density at radius 3 is 2.72 bits per heavy atom. The molecule has 1 unspecified atom stereocenters. The van der Waals surface area contributed by atoms with Crippen LogP contribution in [-0.2, 0) is 6.54 Å². The van der Waals surface area contributed by atoms with E-state index in [1.807, 2.05) is 13.0 Å². The van der Waals surface area contributed by atoms with Gasteiger partial charge in [-0.15, -0.1) is 0 Å². The highest BCUT2D eigenvalue weighted by Gasteiger charge is 2.12. The maximum Gasteiger partial charge on any atom is 0.161 e. The first-order valence-corrected chi connectivity index (χ1v) is 6.48. The Bertz CT molecular complexity index is 393. The molecular formula is C14H22N2O2. The standard InChI is InChI=1S/C14H22N2O2/c1-11(15)5-6-16(2)10-12-3-4-13-14(9-12)18-8-7-17-13/h3-4,9,11H,5-8,10,15H2,1-2H3. The van der Waals surface area contributed by atoms with Crippen molar-refractivity contribution in [2.45, 2.75) is 25.9 Å². The van der Waals surface area contributed by atoms with E-state index in [1.54, 1.807) is 0 Å². The van der Waals surface area contributed by atoms with E-state index in [1.165, 1.54) is 5.56 Å². The van der Waals surface area contributed by atoms with E-state index in [0.717, 1.165) is 31.0 Å². The van der Waals surface area contributed by atoms with E-state index in [2.05, 4.69) is 24.1 Å². The second kappa shape index (κ2) is 6.07. The summed E-state index contributed by atoms with van der Waals surface area (Å²) in [5, 5.41) is 0. The third-order valence-corrected chi connectivity index (χ3v) is 3.03. The predicted molar refractivity (Wildman–Crippen MR) is 72.0 cm³/mol. The summed E-state index contributed by atoms with van der Waals surface area (Å²) in [7, 11) is 2.11. The van der Waals surface area contributed by atoms with Crippen molar-refractivity contribution in [3.63, 3.8) is 0 Å². The highest BCUT2D eigenvalue weighted by molar-refractivity contribution is 5.43. The van der Waals surface area contributed by atoms with Gasteiger partial charge in [0.1, 0.15) is 13.2 Å². The topological polar surface area (TPSA) is 47.7 Å². The maximum atomic E-state index is 5.76. The molecule has 1 aliphatic rings. The smallest absolute Gasteiger partial charge is 0.161 e.